The molecule has 1 fully saturated rings. The highest BCUT2D eigenvalue weighted by molar-refractivity contribution is 5.81. The molecule has 0 radical (unpaired) electrons. The van der Waals surface area contributed by atoms with Crippen LogP contribution in [0.1, 0.15) is 26.2 Å². The van der Waals surface area contributed by atoms with E-state index in [1.165, 1.54) is 0 Å². The fraction of sp³-hybridized carbons (Fsp3) is 0.700. The molecule has 1 amide bonds. The summed E-state index contributed by atoms with van der Waals surface area (Å²) in [6.07, 6.45) is 7.78. The Bertz CT molecular complexity index is 204. The van der Waals surface area contributed by atoms with Crippen LogP contribution < -0.4 is 5.32 Å². The highest BCUT2D eigenvalue weighted by Gasteiger charge is 2.38. The zero-order chi connectivity index (χ0) is 8.97. The summed E-state index contributed by atoms with van der Waals surface area (Å²) in [5, 5.41) is 2.88. The van der Waals surface area contributed by atoms with Gasteiger partial charge in [0.1, 0.15) is 0 Å². The van der Waals surface area contributed by atoms with E-state index in [0.29, 0.717) is 5.92 Å². The van der Waals surface area contributed by atoms with Crippen LogP contribution in [0.15, 0.2) is 0 Å². The smallest absolute Gasteiger partial charge is 0.223 e. The van der Waals surface area contributed by atoms with Crippen LogP contribution >= 0.6 is 0 Å². The summed E-state index contributed by atoms with van der Waals surface area (Å²) in [6.45, 7) is 2.83. The molecule has 2 heteroatoms. The van der Waals surface area contributed by atoms with Crippen molar-refractivity contribution in [3.63, 3.8) is 0 Å². The molecule has 1 aliphatic rings. The molecule has 0 spiro atoms. The molecule has 0 aromatic carbocycles. The zero-order valence-electron chi connectivity index (χ0n) is 7.47. The number of rotatable bonds is 4. The van der Waals surface area contributed by atoms with Crippen molar-refractivity contribution in [1.29, 1.82) is 0 Å². The van der Waals surface area contributed by atoms with Gasteiger partial charge in [-0.05, 0) is 18.8 Å². The van der Waals surface area contributed by atoms with Gasteiger partial charge in [-0.1, -0.05) is 6.92 Å². The van der Waals surface area contributed by atoms with Crippen LogP contribution in [-0.4, -0.2) is 12.5 Å². The lowest BCUT2D eigenvalue weighted by Crippen LogP contribution is -2.26. The van der Waals surface area contributed by atoms with Gasteiger partial charge in [0.25, 0.3) is 0 Å². The predicted octanol–water partition coefficient (Wildman–Crippen LogP) is 1.17. The summed E-state index contributed by atoms with van der Waals surface area (Å²) in [4.78, 5) is 11.2. The van der Waals surface area contributed by atoms with Crippen LogP contribution in [-0.2, 0) is 4.79 Å². The third-order valence-corrected chi connectivity index (χ3v) is 2.24. The van der Waals surface area contributed by atoms with E-state index < -0.39 is 0 Å². The Morgan fingerprint density at radius 3 is 2.92 bits per heavy atom. The van der Waals surface area contributed by atoms with Gasteiger partial charge < -0.3 is 5.32 Å². The van der Waals surface area contributed by atoms with Crippen LogP contribution in [0.5, 0.6) is 0 Å². The molecule has 2 nitrogen and oxygen atoms in total. The van der Waals surface area contributed by atoms with E-state index in [1.807, 2.05) is 0 Å². The van der Waals surface area contributed by atoms with Crippen molar-refractivity contribution in [2.75, 3.05) is 6.54 Å². The number of terminal acetylenes is 1. The van der Waals surface area contributed by atoms with Crippen molar-refractivity contribution < 1.29 is 4.79 Å². The standard InChI is InChI=1S/C10H15NO/c1-3-4-5-6-11-10(12)9-7-8(9)2/h1,8-9H,4-7H2,2H3,(H,11,12). The number of unbranched alkanes of at least 4 members (excludes halogenated alkanes) is 1. The van der Waals surface area contributed by atoms with Crippen LogP contribution in [0, 0.1) is 24.2 Å². The van der Waals surface area contributed by atoms with E-state index in [0.717, 1.165) is 25.8 Å². The Morgan fingerprint density at radius 1 is 1.75 bits per heavy atom. The Kier molecular flexibility index (Phi) is 3.16. The number of nitrogens with one attached hydrogen (secondary N) is 1. The summed E-state index contributed by atoms with van der Waals surface area (Å²) >= 11 is 0. The van der Waals surface area contributed by atoms with Crippen molar-refractivity contribution in [3.05, 3.63) is 0 Å². The zero-order valence-corrected chi connectivity index (χ0v) is 7.47. The summed E-state index contributed by atoms with van der Waals surface area (Å²) in [6, 6.07) is 0. The van der Waals surface area contributed by atoms with E-state index in [-0.39, 0.29) is 11.8 Å². The number of carbonyl (C=O) groups is 1. The molecule has 1 N–H and O–H groups in total. The SMILES string of the molecule is C#CCCCNC(=O)C1CC1C. The molecule has 2 unspecified atom stereocenters. The molecule has 0 heterocycles. The lowest BCUT2D eigenvalue weighted by atomic mass is 10.3. The first-order valence-corrected chi connectivity index (χ1v) is 4.47. The monoisotopic (exact) mass is 165 g/mol. The Hall–Kier alpha value is -0.970. The summed E-state index contributed by atoms with van der Waals surface area (Å²) in [5.74, 6) is 3.63. The van der Waals surface area contributed by atoms with Crippen LogP contribution in [0.3, 0.4) is 0 Å². The molecule has 0 aromatic heterocycles. The second-order valence-electron chi connectivity index (χ2n) is 3.42. The van der Waals surface area contributed by atoms with Gasteiger partial charge in [-0.15, -0.1) is 12.3 Å². The minimum atomic E-state index is 0.208. The summed E-state index contributed by atoms with van der Waals surface area (Å²) in [7, 11) is 0. The third-order valence-electron chi connectivity index (χ3n) is 2.24. The van der Waals surface area contributed by atoms with Gasteiger partial charge in [-0.2, -0.15) is 0 Å². The molecule has 1 rings (SSSR count). The number of hydrogen-bond acceptors (Lipinski definition) is 1. The molecular formula is C10H15NO. The molecule has 0 saturated heterocycles. The van der Waals surface area contributed by atoms with Crippen molar-refractivity contribution in [2.45, 2.75) is 26.2 Å². The quantitative estimate of drug-likeness (QED) is 0.491. The molecule has 0 aliphatic heterocycles. The van der Waals surface area contributed by atoms with Crippen molar-refractivity contribution in [3.8, 4) is 12.3 Å². The molecular weight excluding hydrogens is 150 g/mol. The maximum absolute atomic E-state index is 11.2. The van der Waals surface area contributed by atoms with E-state index in [2.05, 4.69) is 18.2 Å². The maximum atomic E-state index is 11.2. The lowest BCUT2D eigenvalue weighted by molar-refractivity contribution is -0.122. The van der Waals surface area contributed by atoms with Gasteiger partial charge in [0, 0.05) is 18.9 Å². The molecule has 66 valence electrons. The van der Waals surface area contributed by atoms with Crippen LogP contribution in [0.2, 0.25) is 0 Å². The van der Waals surface area contributed by atoms with E-state index in [4.69, 9.17) is 6.42 Å². The van der Waals surface area contributed by atoms with E-state index in [1.54, 1.807) is 0 Å². The molecule has 1 aliphatic carbocycles. The molecule has 0 bridgehead atoms. The van der Waals surface area contributed by atoms with E-state index >= 15 is 0 Å². The maximum Gasteiger partial charge on any atom is 0.223 e. The number of amides is 1. The average Bonchev–Trinajstić information content (AvgIpc) is 2.76. The second-order valence-corrected chi connectivity index (χ2v) is 3.42. The van der Waals surface area contributed by atoms with Crippen LogP contribution in [0.4, 0.5) is 0 Å². The molecule has 1 saturated carbocycles. The first-order chi connectivity index (χ1) is 5.75. The fourth-order valence-electron chi connectivity index (χ4n) is 1.22. The summed E-state index contributed by atoms with van der Waals surface area (Å²) < 4.78 is 0. The van der Waals surface area contributed by atoms with Crippen LogP contribution in [0.25, 0.3) is 0 Å². The van der Waals surface area contributed by atoms with Gasteiger partial charge in [0.05, 0.1) is 0 Å². The Morgan fingerprint density at radius 2 is 2.42 bits per heavy atom. The van der Waals surface area contributed by atoms with Gasteiger partial charge in [-0.25, -0.2) is 0 Å². The third kappa shape index (κ3) is 2.58. The molecule has 0 aromatic rings. The molecule has 2 atom stereocenters. The number of hydrogen-bond donors (Lipinski definition) is 1. The van der Waals surface area contributed by atoms with Gasteiger partial charge >= 0.3 is 0 Å². The fourth-order valence-corrected chi connectivity index (χ4v) is 1.22. The Balaban J connectivity index is 2.01. The average molecular weight is 165 g/mol. The first-order valence-electron chi connectivity index (χ1n) is 4.47. The normalized spacial score (nSPS) is 26.0. The van der Waals surface area contributed by atoms with Gasteiger partial charge in [0.15, 0.2) is 0 Å². The highest BCUT2D eigenvalue weighted by atomic mass is 16.2. The highest BCUT2D eigenvalue weighted by Crippen LogP contribution is 2.37. The van der Waals surface area contributed by atoms with Gasteiger partial charge in [-0.3, -0.25) is 4.79 Å². The van der Waals surface area contributed by atoms with E-state index in [9.17, 15) is 4.79 Å². The van der Waals surface area contributed by atoms with Crippen molar-refractivity contribution in [2.24, 2.45) is 11.8 Å². The lowest BCUT2D eigenvalue weighted by Gasteiger charge is -2.01. The Labute approximate surface area is 73.7 Å². The minimum absolute atomic E-state index is 0.208. The van der Waals surface area contributed by atoms with Crippen molar-refractivity contribution in [1.82, 2.24) is 5.32 Å². The van der Waals surface area contributed by atoms with Crippen molar-refractivity contribution >= 4 is 5.91 Å². The molecule has 12 heavy (non-hydrogen) atoms. The number of carbonyl (C=O) groups excluding carboxylic acids is 1. The topological polar surface area (TPSA) is 29.1 Å². The second kappa shape index (κ2) is 4.15. The summed E-state index contributed by atoms with van der Waals surface area (Å²) in [5.41, 5.74) is 0. The minimum Gasteiger partial charge on any atom is -0.356 e. The predicted molar refractivity (Wildman–Crippen MR) is 48.3 cm³/mol. The van der Waals surface area contributed by atoms with Gasteiger partial charge in [0.2, 0.25) is 5.91 Å². The first kappa shape index (κ1) is 9.12. The largest absolute Gasteiger partial charge is 0.356 e.